The lowest BCUT2D eigenvalue weighted by Gasteiger charge is -2.08. The standard InChI is InChI=1S/C15H17ClN2O3/c1-3-12-13(16)17-15(20)18(14(12)19)8-7-10-5-4-6-11(9-10)21-2/h4-6,9H,3,7-8H2,1-2H3,(H,17,20). The molecule has 5 nitrogen and oxygen atoms in total. The molecule has 0 aliphatic carbocycles. The van der Waals surface area contributed by atoms with Gasteiger partial charge in [0.1, 0.15) is 10.9 Å². The number of rotatable bonds is 5. The third-order valence-corrected chi connectivity index (χ3v) is 3.66. The van der Waals surface area contributed by atoms with Crippen LogP contribution in [-0.4, -0.2) is 16.7 Å². The Kier molecular flexibility index (Phi) is 4.85. The van der Waals surface area contributed by atoms with E-state index >= 15 is 0 Å². The first-order valence-corrected chi connectivity index (χ1v) is 7.09. The Hall–Kier alpha value is -2.01. The number of benzene rings is 1. The Morgan fingerprint density at radius 1 is 1.33 bits per heavy atom. The molecule has 0 unspecified atom stereocenters. The molecule has 0 atom stereocenters. The van der Waals surface area contributed by atoms with Gasteiger partial charge in [0, 0.05) is 6.54 Å². The lowest BCUT2D eigenvalue weighted by Crippen LogP contribution is -2.37. The molecule has 0 fully saturated rings. The minimum atomic E-state index is -0.481. The highest BCUT2D eigenvalue weighted by Crippen LogP contribution is 2.13. The summed E-state index contributed by atoms with van der Waals surface area (Å²) in [6.45, 7) is 2.12. The molecule has 0 saturated heterocycles. The Morgan fingerprint density at radius 2 is 2.10 bits per heavy atom. The summed E-state index contributed by atoms with van der Waals surface area (Å²) >= 11 is 5.88. The minimum absolute atomic E-state index is 0.130. The van der Waals surface area contributed by atoms with E-state index in [2.05, 4.69) is 4.98 Å². The SMILES string of the molecule is CCc1c(Cl)[nH]c(=O)n(CCc2cccc(OC)c2)c1=O. The van der Waals surface area contributed by atoms with Gasteiger partial charge >= 0.3 is 5.69 Å². The summed E-state index contributed by atoms with van der Waals surface area (Å²) < 4.78 is 6.34. The molecule has 1 aromatic carbocycles. The molecule has 0 aliphatic heterocycles. The molecular formula is C15H17ClN2O3. The summed E-state index contributed by atoms with van der Waals surface area (Å²) in [5.41, 5.74) is 0.620. The number of aromatic nitrogens is 2. The number of aryl methyl sites for hydroxylation is 1. The monoisotopic (exact) mass is 308 g/mol. The van der Waals surface area contributed by atoms with Crippen molar-refractivity contribution < 1.29 is 4.74 Å². The number of hydrogen-bond donors (Lipinski definition) is 1. The first-order chi connectivity index (χ1) is 10.1. The number of hydrogen-bond acceptors (Lipinski definition) is 3. The first-order valence-electron chi connectivity index (χ1n) is 6.71. The molecule has 112 valence electrons. The van der Waals surface area contributed by atoms with Crippen molar-refractivity contribution in [1.82, 2.24) is 9.55 Å². The van der Waals surface area contributed by atoms with Crippen molar-refractivity contribution in [2.45, 2.75) is 26.3 Å². The molecule has 2 rings (SSSR count). The van der Waals surface area contributed by atoms with Crippen LogP contribution in [0.1, 0.15) is 18.1 Å². The van der Waals surface area contributed by atoms with Gasteiger partial charge in [-0.15, -0.1) is 0 Å². The van der Waals surface area contributed by atoms with Crippen molar-refractivity contribution in [1.29, 1.82) is 0 Å². The van der Waals surface area contributed by atoms with E-state index in [1.54, 1.807) is 7.11 Å². The van der Waals surface area contributed by atoms with Gasteiger partial charge in [-0.05, 0) is 30.5 Å². The van der Waals surface area contributed by atoms with E-state index in [-0.39, 0.29) is 10.7 Å². The van der Waals surface area contributed by atoms with Gasteiger partial charge in [-0.3, -0.25) is 14.3 Å². The van der Waals surface area contributed by atoms with Crippen molar-refractivity contribution >= 4 is 11.6 Å². The Labute approximate surface area is 127 Å². The molecule has 0 bridgehead atoms. The van der Waals surface area contributed by atoms with E-state index in [1.165, 1.54) is 4.57 Å². The molecule has 1 heterocycles. The smallest absolute Gasteiger partial charge is 0.329 e. The van der Waals surface area contributed by atoms with Crippen molar-refractivity contribution in [2.24, 2.45) is 0 Å². The van der Waals surface area contributed by atoms with Crippen LogP contribution < -0.4 is 16.0 Å². The third-order valence-electron chi connectivity index (χ3n) is 3.34. The maximum atomic E-state index is 12.2. The van der Waals surface area contributed by atoms with Crippen molar-refractivity contribution in [2.75, 3.05) is 7.11 Å². The largest absolute Gasteiger partial charge is 0.497 e. The average Bonchev–Trinajstić information content (AvgIpc) is 2.47. The van der Waals surface area contributed by atoms with Gasteiger partial charge in [0.05, 0.1) is 12.7 Å². The fraction of sp³-hybridized carbons (Fsp3) is 0.333. The lowest BCUT2D eigenvalue weighted by atomic mass is 10.1. The van der Waals surface area contributed by atoms with Crippen LogP contribution in [0.25, 0.3) is 0 Å². The number of aromatic amines is 1. The van der Waals surface area contributed by atoms with Crippen molar-refractivity contribution in [3.8, 4) is 5.75 Å². The number of nitrogens with one attached hydrogen (secondary N) is 1. The van der Waals surface area contributed by atoms with Crippen LogP contribution >= 0.6 is 11.6 Å². The fourth-order valence-electron chi connectivity index (χ4n) is 2.16. The number of ether oxygens (including phenoxy) is 1. The highest BCUT2D eigenvalue weighted by molar-refractivity contribution is 6.30. The Morgan fingerprint density at radius 3 is 2.76 bits per heavy atom. The quantitative estimate of drug-likeness (QED) is 0.859. The van der Waals surface area contributed by atoms with Crippen LogP contribution in [0.2, 0.25) is 5.15 Å². The molecule has 1 N–H and O–H groups in total. The van der Waals surface area contributed by atoms with Gasteiger partial charge in [0.15, 0.2) is 0 Å². The highest BCUT2D eigenvalue weighted by atomic mass is 35.5. The number of H-pyrrole nitrogens is 1. The molecule has 0 radical (unpaired) electrons. The van der Waals surface area contributed by atoms with E-state index in [0.29, 0.717) is 24.9 Å². The van der Waals surface area contributed by atoms with E-state index in [0.717, 1.165) is 11.3 Å². The molecule has 0 spiro atoms. The second kappa shape index (κ2) is 6.63. The van der Waals surface area contributed by atoms with Crippen LogP contribution in [0.4, 0.5) is 0 Å². The molecule has 21 heavy (non-hydrogen) atoms. The average molecular weight is 309 g/mol. The summed E-state index contributed by atoms with van der Waals surface area (Å²) in [6, 6.07) is 7.54. The van der Waals surface area contributed by atoms with Crippen LogP contribution in [-0.2, 0) is 19.4 Å². The molecule has 6 heteroatoms. The van der Waals surface area contributed by atoms with Crippen LogP contribution in [0.15, 0.2) is 33.9 Å². The van der Waals surface area contributed by atoms with E-state index in [4.69, 9.17) is 16.3 Å². The normalized spacial score (nSPS) is 10.6. The van der Waals surface area contributed by atoms with Crippen LogP contribution in [0.3, 0.4) is 0 Å². The fourth-order valence-corrected chi connectivity index (χ4v) is 2.46. The van der Waals surface area contributed by atoms with Crippen molar-refractivity contribution in [3.05, 3.63) is 61.4 Å². The Balaban J connectivity index is 2.28. The predicted molar refractivity (Wildman–Crippen MR) is 82.4 cm³/mol. The molecule has 0 aliphatic rings. The van der Waals surface area contributed by atoms with Crippen LogP contribution in [0, 0.1) is 0 Å². The second-order valence-corrected chi connectivity index (χ2v) is 5.01. The Bertz CT molecular complexity index is 749. The zero-order valence-electron chi connectivity index (χ0n) is 12.0. The zero-order valence-corrected chi connectivity index (χ0v) is 12.7. The maximum Gasteiger partial charge on any atom is 0.329 e. The number of nitrogens with zero attached hydrogens (tertiary/aromatic N) is 1. The van der Waals surface area contributed by atoms with Gasteiger partial charge < -0.3 is 4.74 Å². The predicted octanol–water partition coefficient (Wildman–Crippen LogP) is 2.00. The van der Waals surface area contributed by atoms with Gasteiger partial charge in [-0.25, -0.2) is 4.79 Å². The lowest BCUT2D eigenvalue weighted by molar-refractivity contribution is 0.414. The highest BCUT2D eigenvalue weighted by Gasteiger charge is 2.11. The topological polar surface area (TPSA) is 64.1 Å². The zero-order chi connectivity index (χ0) is 15.4. The van der Waals surface area contributed by atoms with Crippen LogP contribution in [0.5, 0.6) is 5.75 Å². The van der Waals surface area contributed by atoms with E-state index in [9.17, 15) is 9.59 Å². The summed E-state index contributed by atoms with van der Waals surface area (Å²) in [6.07, 6.45) is 1.04. The first kappa shape index (κ1) is 15.4. The molecule has 0 amide bonds. The van der Waals surface area contributed by atoms with Gasteiger partial charge in [-0.2, -0.15) is 0 Å². The van der Waals surface area contributed by atoms with Gasteiger partial charge in [-0.1, -0.05) is 30.7 Å². The number of halogens is 1. The third kappa shape index (κ3) is 3.36. The molecule has 2 aromatic rings. The van der Waals surface area contributed by atoms with E-state index in [1.807, 2.05) is 31.2 Å². The molecule has 1 aromatic heterocycles. The van der Waals surface area contributed by atoms with E-state index < -0.39 is 5.69 Å². The summed E-state index contributed by atoms with van der Waals surface area (Å²) in [5, 5.41) is 0.130. The second-order valence-electron chi connectivity index (χ2n) is 4.63. The summed E-state index contributed by atoms with van der Waals surface area (Å²) in [4.78, 5) is 26.6. The minimum Gasteiger partial charge on any atom is -0.497 e. The van der Waals surface area contributed by atoms with Crippen molar-refractivity contribution in [3.63, 3.8) is 0 Å². The number of methoxy groups -OCH3 is 1. The molecule has 0 saturated carbocycles. The van der Waals surface area contributed by atoms with Gasteiger partial charge in [0.2, 0.25) is 0 Å². The molecular weight excluding hydrogens is 292 g/mol. The summed E-state index contributed by atoms with van der Waals surface area (Å²) in [7, 11) is 1.60. The summed E-state index contributed by atoms with van der Waals surface area (Å²) in [5.74, 6) is 0.749. The van der Waals surface area contributed by atoms with Gasteiger partial charge in [0.25, 0.3) is 5.56 Å². The maximum absolute atomic E-state index is 12.2.